The summed E-state index contributed by atoms with van der Waals surface area (Å²) in [6, 6.07) is 44.5. The molecule has 0 saturated carbocycles. The Morgan fingerprint density at radius 2 is 1.33 bits per heavy atom. The van der Waals surface area contributed by atoms with Crippen LogP contribution in [0.15, 0.2) is 140 Å². The van der Waals surface area contributed by atoms with Gasteiger partial charge in [0.15, 0.2) is 0 Å². The van der Waals surface area contributed by atoms with E-state index in [4.69, 9.17) is 0 Å². The molecule has 2 aromatic heterocycles. The number of hydrogen-bond acceptors (Lipinski definition) is 1. The van der Waals surface area contributed by atoms with Crippen LogP contribution in [0.5, 0.6) is 0 Å². The zero-order valence-electron chi connectivity index (χ0n) is 23.5. The molecule has 3 aliphatic rings. The van der Waals surface area contributed by atoms with Crippen molar-refractivity contribution in [2.45, 2.75) is 6.42 Å². The van der Waals surface area contributed by atoms with Gasteiger partial charge in [-0.1, -0.05) is 103 Å². The Labute approximate surface area is 250 Å². The molecule has 7 aromatic rings. The van der Waals surface area contributed by atoms with Crippen LogP contribution in [-0.4, -0.2) is 15.8 Å². The minimum Gasteiger partial charge on any atom is -0.323 e. The van der Waals surface area contributed by atoms with Crippen molar-refractivity contribution < 1.29 is 0 Å². The van der Waals surface area contributed by atoms with E-state index < -0.39 is 0 Å². The van der Waals surface area contributed by atoms with Crippen molar-refractivity contribution in [3.63, 3.8) is 0 Å². The first-order valence-corrected chi connectivity index (χ1v) is 15.1. The fourth-order valence-corrected chi connectivity index (χ4v) is 7.95. The molecule has 0 fully saturated rings. The van der Waals surface area contributed by atoms with Gasteiger partial charge >= 0.3 is 0 Å². The topological polar surface area (TPSA) is 13.1 Å². The van der Waals surface area contributed by atoms with Crippen LogP contribution in [0.3, 0.4) is 0 Å². The van der Waals surface area contributed by atoms with E-state index >= 15 is 0 Å². The molecule has 0 N–H and O–H groups in total. The molecule has 0 radical (unpaired) electrons. The van der Waals surface area contributed by atoms with Crippen LogP contribution in [0.1, 0.15) is 11.3 Å². The Balaban J connectivity index is 1.45. The highest BCUT2D eigenvalue weighted by Crippen LogP contribution is 2.45. The quantitative estimate of drug-likeness (QED) is 0.207. The number of allylic oxidation sites excluding steroid dienone is 3. The molecular formula is C39H26BN3. The third-order valence-corrected chi connectivity index (χ3v) is 9.54. The normalized spacial score (nSPS) is 14.1. The number of rotatable bonds is 2. The van der Waals surface area contributed by atoms with Gasteiger partial charge in [0.2, 0.25) is 0 Å². The number of fused-ring (bicyclic) bond motifs is 10. The summed E-state index contributed by atoms with van der Waals surface area (Å²) in [5, 5.41) is 2.61. The van der Waals surface area contributed by atoms with Crippen LogP contribution >= 0.6 is 0 Å². The molecule has 0 atom stereocenters. The number of nitrogens with zero attached hydrogens (tertiary/aromatic N) is 3. The minimum absolute atomic E-state index is 0.0752. The third kappa shape index (κ3) is 2.95. The van der Waals surface area contributed by atoms with Crippen molar-refractivity contribution in [3.05, 3.63) is 151 Å². The van der Waals surface area contributed by atoms with Crippen LogP contribution in [0, 0.1) is 0 Å². The summed E-state index contributed by atoms with van der Waals surface area (Å²) in [5.41, 5.74) is 15.5. The molecule has 10 rings (SSSR count). The van der Waals surface area contributed by atoms with Crippen molar-refractivity contribution in [2.75, 3.05) is 4.90 Å². The van der Waals surface area contributed by atoms with Gasteiger partial charge in [-0.2, -0.15) is 0 Å². The lowest BCUT2D eigenvalue weighted by Crippen LogP contribution is -2.62. The van der Waals surface area contributed by atoms with Crippen LogP contribution in [0.2, 0.25) is 0 Å². The van der Waals surface area contributed by atoms with E-state index in [1.165, 1.54) is 78.0 Å². The van der Waals surface area contributed by atoms with Gasteiger partial charge in [0.1, 0.15) is 0 Å². The van der Waals surface area contributed by atoms with Crippen molar-refractivity contribution in [2.24, 2.45) is 0 Å². The summed E-state index contributed by atoms with van der Waals surface area (Å²) < 4.78 is 5.09. The summed E-state index contributed by atoms with van der Waals surface area (Å²) >= 11 is 0. The highest BCUT2D eigenvalue weighted by atomic mass is 15.2. The van der Waals surface area contributed by atoms with E-state index in [0.717, 1.165) is 6.42 Å². The summed E-state index contributed by atoms with van der Waals surface area (Å²) in [4.78, 5) is 2.53. The lowest BCUT2D eigenvalue weighted by molar-refractivity contribution is 0.993. The Kier molecular flexibility index (Phi) is 4.59. The lowest BCUT2D eigenvalue weighted by atomic mass is 9.35. The molecular weight excluding hydrogens is 521 g/mol. The zero-order valence-corrected chi connectivity index (χ0v) is 23.5. The lowest BCUT2D eigenvalue weighted by Gasteiger charge is -2.39. The highest BCUT2D eigenvalue weighted by Gasteiger charge is 2.46. The first-order chi connectivity index (χ1) is 21.4. The average Bonchev–Trinajstić information content (AvgIpc) is 3.46. The Morgan fingerprint density at radius 3 is 2.19 bits per heavy atom. The fourth-order valence-electron chi connectivity index (χ4n) is 7.95. The second-order valence-electron chi connectivity index (χ2n) is 11.7. The van der Waals surface area contributed by atoms with Crippen molar-refractivity contribution >= 4 is 68.2 Å². The molecule has 2 aliphatic heterocycles. The minimum atomic E-state index is 0.0752. The number of para-hydroxylation sites is 4. The molecule has 5 aromatic carbocycles. The van der Waals surface area contributed by atoms with Crippen molar-refractivity contribution in [1.29, 1.82) is 0 Å². The van der Waals surface area contributed by atoms with E-state index in [9.17, 15) is 0 Å². The van der Waals surface area contributed by atoms with E-state index in [0.29, 0.717) is 0 Å². The van der Waals surface area contributed by atoms with Gasteiger partial charge in [0.05, 0.1) is 16.7 Å². The maximum atomic E-state index is 2.57. The second kappa shape index (κ2) is 8.53. The molecule has 200 valence electrons. The standard InChI is InChI=1S/C39H26BN3/c1-4-14-26(15-5-1)41-35-25-24-29-28-18-10-12-22-32(28)43-34-23-13-11-20-31(34)40(36(35)37(29)43)39-38(41)30-19-8-3-9-21-33(30)42(39)27-16-6-2-7-17-27/h1-20,22-25H,21H2. The molecule has 4 heterocycles. The summed E-state index contributed by atoms with van der Waals surface area (Å²) in [7, 11) is 0. The SMILES string of the molecule is C1=CCc2c(c3c(n2-c2ccccc2)B2c4ccccc4-n4c5ccccc5c5ccc(c2c54)N3c2ccccc2)C=C1. The molecule has 0 saturated heterocycles. The first kappa shape index (κ1) is 23.1. The van der Waals surface area contributed by atoms with Gasteiger partial charge in [-0.25, -0.2) is 0 Å². The highest BCUT2D eigenvalue weighted by molar-refractivity contribution is 7.00. The number of hydrogen-bond donors (Lipinski definition) is 0. The van der Waals surface area contributed by atoms with E-state index in [-0.39, 0.29) is 6.71 Å². The fraction of sp³-hybridized carbons (Fsp3) is 0.0256. The van der Waals surface area contributed by atoms with Gasteiger partial charge in [-0.05, 0) is 53.4 Å². The van der Waals surface area contributed by atoms with E-state index in [1.807, 2.05) is 0 Å². The van der Waals surface area contributed by atoms with Crippen LogP contribution < -0.4 is 21.4 Å². The van der Waals surface area contributed by atoms with Gasteiger partial charge < -0.3 is 14.0 Å². The molecule has 4 heteroatoms. The first-order valence-electron chi connectivity index (χ1n) is 15.1. The third-order valence-electron chi connectivity index (χ3n) is 9.54. The molecule has 0 spiro atoms. The maximum absolute atomic E-state index is 2.57. The maximum Gasteiger partial charge on any atom is 0.273 e. The predicted octanol–water partition coefficient (Wildman–Crippen LogP) is 7.31. The monoisotopic (exact) mass is 547 g/mol. The molecule has 1 aliphatic carbocycles. The van der Waals surface area contributed by atoms with Crippen molar-refractivity contribution in [3.8, 4) is 11.4 Å². The van der Waals surface area contributed by atoms with E-state index in [2.05, 4.69) is 160 Å². The molecule has 3 nitrogen and oxygen atoms in total. The van der Waals surface area contributed by atoms with Gasteiger partial charge in [-0.15, -0.1) is 0 Å². The van der Waals surface area contributed by atoms with E-state index in [1.54, 1.807) is 0 Å². The number of benzene rings is 5. The average molecular weight is 547 g/mol. The molecule has 43 heavy (non-hydrogen) atoms. The van der Waals surface area contributed by atoms with Crippen molar-refractivity contribution in [1.82, 2.24) is 9.13 Å². The second-order valence-corrected chi connectivity index (χ2v) is 11.7. The summed E-state index contributed by atoms with van der Waals surface area (Å²) in [5.74, 6) is 0. The Hall–Kier alpha value is -5.48. The Morgan fingerprint density at radius 1 is 0.581 bits per heavy atom. The largest absolute Gasteiger partial charge is 0.323 e. The van der Waals surface area contributed by atoms with Gasteiger partial charge in [-0.3, -0.25) is 0 Å². The van der Waals surface area contributed by atoms with Crippen LogP contribution in [0.4, 0.5) is 17.1 Å². The van der Waals surface area contributed by atoms with Gasteiger partial charge in [0.25, 0.3) is 6.71 Å². The molecule has 0 amide bonds. The Bertz CT molecular complexity index is 2320. The molecule has 0 unspecified atom stereocenters. The van der Waals surface area contributed by atoms with Gasteiger partial charge in [0, 0.05) is 56.8 Å². The van der Waals surface area contributed by atoms with Crippen LogP contribution in [-0.2, 0) is 6.42 Å². The summed E-state index contributed by atoms with van der Waals surface area (Å²) in [6.07, 6.45) is 9.87. The summed E-state index contributed by atoms with van der Waals surface area (Å²) in [6.45, 7) is 0.0752. The predicted molar refractivity (Wildman–Crippen MR) is 181 cm³/mol. The zero-order chi connectivity index (χ0) is 28.1. The smallest absolute Gasteiger partial charge is 0.273 e. The number of anilines is 3. The number of aromatic nitrogens is 2. The van der Waals surface area contributed by atoms with Crippen LogP contribution in [0.25, 0.3) is 39.3 Å². The molecule has 0 bridgehead atoms.